The number of aliphatic hydroxyl groups excluding tert-OH is 1. The van der Waals surface area contributed by atoms with E-state index in [-0.39, 0.29) is 11.5 Å². The Hall–Kier alpha value is -1.60. The maximum Gasteiger partial charge on any atom is 0.418 e. The van der Waals surface area contributed by atoms with Gasteiger partial charge in [0.1, 0.15) is 0 Å². The van der Waals surface area contributed by atoms with Crippen molar-refractivity contribution in [3.8, 4) is 0 Å². The minimum atomic E-state index is -4.72. The highest BCUT2D eigenvalue weighted by Gasteiger charge is 2.53. The number of hydrogen-bond acceptors (Lipinski definition) is 3. The second-order valence-corrected chi connectivity index (χ2v) is 9.11. The first-order chi connectivity index (χ1) is 13.6. The highest BCUT2D eigenvalue weighted by Crippen LogP contribution is 2.52. The highest BCUT2D eigenvalue weighted by atomic mass is 19.4. The van der Waals surface area contributed by atoms with Crippen molar-refractivity contribution in [3.05, 3.63) is 29.8 Å². The average molecular weight is 411 g/mol. The smallest absolute Gasteiger partial charge is 0.390 e. The van der Waals surface area contributed by atoms with Crippen molar-refractivity contribution < 1.29 is 28.2 Å². The van der Waals surface area contributed by atoms with Crippen molar-refractivity contribution in [2.75, 3.05) is 11.4 Å². The van der Waals surface area contributed by atoms with Gasteiger partial charge in [-0.25, -0.2) is 0 Å². The van der Waals surface area contributed by atoms with Crippen molar-refractivity contribution in [2.24, 2.45) is 11.3 Å². The third-order valence-electron chi connectivity index (χ3n) is 7.53. The van der Waals surface area contributed by atoms with Gasteiger partial charge in [0.05, 0.1) is 11.0 Å². The first kappa shape index (κ1) is 20.7. The summed E-state index contributed by atoms with van der Waals surface area (Å²) >= 11 is 0. The summed E-state index contributed by atoms with van der Waals surface area (Å²) in [6.45, 7) is 0.530. The zero-order chi connectivity index (χ0) is 20.9. The number of hydrogen-bond donors (Lipinski definition) is 2. The SMILES string of the molecule is O=C1N(c2ccc([C@@H](O)C(F)(F)F)cc2)CC[C@]12CC[C@@](O)(C1CCCC1)CC2. The van der Waals surface area contributed by atoms with E-state index in [9.17, 15) is 28.2 Å². The second kappa shape index (κ2) is 7.27. The molecule has 1 atom stereocenters. The number of alkyl halides is 3. The molecular formula is C22H28F3NO3. The summed E-state index contributed by atoms with van der Waals surface area (Å²) in [5.74, 6) is 0.357. The van der Waals surface area contributed by atoms with Crippen LogP contribution >= 0.6 is 0 Å². The van der Waals surface area contributed by atoms with Crippen LogP contribution in [-0.2, 0) is 4.79 Å². The molecule has 0 bridgehead atoms. The molecule has 29 heavy (non-hydrogen) atoms. The zero-order valence-electron chi connectivity index (χ0n) is 16.4. The summed E-state index contributed by atoms with van der Waals surface area (Å²) in [5.41, 5.74) is -0.789. The van der Waals surface area contributed by atoms with Gasteiger partial charge in [-0.2, -0.15) is 13.2 Å². The van der Waals surface area contributed by atoms with E-state index in [0.29, 0.717) is 50.3 Å². The predicted octanol–water partition coefficient (Wildman–Crippen LogP) is 4.50. The molecule has 4 rings (SSSR count). The van der Waals surface area contributed by atoms with E-state index >= 15 is 0 Å². The monoisotopic (exact) mass is 411 g/mol. The number of aliphatic hydroxyl groups is 2. The zero-order valence-corrected chi connectivity index (χ0v) is 16.4. The molecule has 1 aliphatic heterocycles. The fourth-order valence-corrected chi connectivity index (χ4v) is 5.59. The Morgan fingerprint density at radius 2 is 1.59 bits per heavy atom. The van der Waals surface area contributed by atoms with Gasteiger partial charge >= 0.3 is 6.18 Å². The van der Waals surface area contributed by atoms with Crippen molar-refractivity contribution in [1.29, 1.82) is 0 Å². The molecule has 7 heteroatoms. The largest absolute Gasteiger partial charge is 0.418 e. The average Bonchev–Trinajstić information content (AvgIpc) is 3.34. The van der Waals surface area contributed by atoms with Crippen LogP contribution in [0.15, 0.2) is 24.3 Å². The topological polar surface area (TPSA) is 60.8 Å². The van der Waals surface area contributed by atoms with Crippen LogP contribution in [0.3, 0.4) is 0 Å². The van der Waals surface area contributed by atoms with Gasteiger partial charge in [0.15, 0.2) is 6.10 Å². The molecule has 0 aromatic heterocycles. The Labute approximate surface area is 168 Å². The molecule has 2 N–H and O–H groups in total. The second-order valence-electron chi connectivity index (χ2n) is 9.11. The molecule has 4 nitrogen and oxygen atoms in total. The van der Waals surface area contributed by atoms with Crippen LogP contribution in [0.4, 0.5) is 18.9 Å². The normalized spacial score (nSPS) is 32.3. The van der Waals surface area contributed by atoms with Crippen LogP contribution in [0, 0.1) is 11.3 Å². The molecule has 2 aliphatic carbocycles. The molecule has 2 saturated carbocycles. The Morgan fingerprint density at radius 3 is 2.14 bits per heavy atom. The predicted molar refractivity (Wildman–Crippen MR) is 102 cm³/mol. The van der Waals surface area contributed by atoms with Crippen LogP contribution in [-0.4, -0.2) is 34.4 Å². The maximum absolute atomic E-state index is 13.2. The highest BCUT2D eigenvalue weighted by molar-refractivity contribution is 6.00. The molecule has 0 unspecified atom stereocenters. The van der Waals surface area contributed by atoms with Crippen LogP contribution in [0.1, 0.15) is 69.5 Å². The van der Waals surface area contributed by atoms with Crippen LogP contribution in [0.5, 0.6) is 0 Å². The van der Waals surface area contributed by atoms with E-state index in [1.54, 1.807) is 4.90 Å². The molecule has 1 aromatic rings. The van der Waals surface area contributed by atoms with Crippen molar-refractivity contribution in [1.82, 2.24) is 0 Å². The number of carbonyl (C=O) groups is 1. The number of benzene rings is 1. The number of carbonyl (C=O) groups excluding carboxylic acids is 1. The standard InChI is InChI=1S/C22H28F3NO3/c23-22(24,25)18(27)15-5-7-17(8-6-15)26-14-13-20(19(26)28)9-11-21(29,12-10-20)16-3-1-2-4-16/h5-8,16,18,27,29H,1-4,9-14H2/t18-,20-,21+/m1/s1. The molecule has 1 aromatic carbocycles. The molecule has 0 radical (unpaired) electrons. The van der Waals surface area contributed by atoms with E-state index in [4.69, 9.17) is 0 Å². The first-order valence-electron chi connectivity index (χ1n) is 10.5. The maximum atomic E-state index is 13.2. The number of rotatable bonds is 3. The minimum Gasteiger partial charge on any atom is -0.390 e. The van der Waals surface area contributed by atoms with Gasteiger partial charge in [-0.15, -0.1) is 0 Å². The summed E-state index contributed by atoms with van der Waals surface area (Å²) in [7, 11) is 0. The quantitative estimate of drug-likeness (QED) is 0.770. The van der Waals surface area contributed by atoms with Gasteiger partial charge in [-0.3, -0.25) is 4.79 Å². The Bertz CT molecular complexity index is 748. The summed E-state index contributed by atoms with van der Waals surface area (Å²) in [5, 5.41) is 20.5. The van der Waals surface area contributed by atoms with E-state index in [0.717, 1.165) is 12.8 Å². The van der Waals surface area contributed by atoms with Crippen LogP contribution in [0.25, 0.3) is 0 Å². The van der Waals surface area contributed by atoms with E-state index in [1.165, 1.54) is 37.1 Å². The molecule has 3 fully saturated rings. The van der Waals surface area contributed by atoms with Crippen molar-refractivity contribution in [3.63, 3.8) is 0 Å². The summed E-state index contributed by atoms with van der Waals surface area (Å²) in [6, 6.07) is 5.40. The minimum absolute atomic E-state index is 0.00934. The molecule has 1 saturated heterocycles. The van der Waals surface area contributed by atoms with Gasteiger partial charge in [0, 0.05) is 12.2 Å². The molecule has 3 aliphatic rings. The van der Waals surface area contributed by atoms with E-state index in [2.05, 4.69) is 0 Å². The lowest BCUT2D eigenvalue weighted by Gasteiger charge is -2.44. The number of nitrogens with zero attached hydrogens (tertiary/aromatic N) is 1. The summed E-state index contributed by atoms with van der Waals surface area (Å²) in [4.78, 5) is 14.9. The summed E-state index contributed by atoms with van der Waals surface area (Å²) < 4.78 is 38.0. The first-order valence-corrected chi connectivity index (χ1v) is 10.5. The van der Waals surface area contributed by atoms with Crippen LogP contribution in [0.2, 0.25) is 0 Å². The lowest BCUT2D eigenvalue weighted by Crippen LogP contribution is -2.46. The number of amides is 1. The van der Waals surface area contributed by atoms with Gasteiger partial charge in [-0.1, -0.05) is 25.0 Å². The molecule has 160 valence electrons. The Kier molecular flexibility index (Phi) is 5.18. The molecule has 1 heterocycles. The Balaban J connectivity index is 1.44. The fourth-order valence-electron chi connectivity index (χ4n) is 5.59. The molecular weight excluding hydrogens is 383 g/mol. The fraction of sp³-hybridized carbons (Fsp3) is 0.682. The third-order valence-corrected chi connectivity index (χ3v) is 7.53. The van der Waals surface area contributed by atoms with Crippen molar-refractivity contribution >= 4 is 11.6 Å². The van der Waals surface area contributed by atoms with Gasteiger partial charge in [0.2, 0.25) is 5.91 Å². The van der Waals surface area contributed by atoms with Gasteiger partial charge < -0.3 is 15.1 Å². The van der Waals surface area contributed by atoms with Gasteiger partial charge in [0.25, 0.3) is 0 Å². The van der Waals surface area contributed by atoms with Gasteiger partial charge in [-0.05, 0) is 68.6 Å². The van der Waals surface area contributed by atoms with Crippen molar-refractivity contribution in [2.45, 2.75) is 75.7 Å². The third kappa shape index (κ3) is 3.67. The number of anilines is 1. The number of halogens is 3. The lowest BCUT2D eigenvalue weighted by atomic mass is 9.64. The molecule has 1 spiro atoms. The lowest BCUT2D eigenvalue weighted by molar-refractivity contribution is -0.206. The Morgan fingerprint density at radius 1 is 1.00 bits per heavy atom. The van der Waals surface area contributed by atoms with E-state index in [1.807, 2.05) is 0 Å². The molecule has 1 amide bonds. The van der Waals surface area contributed by atoms with Crippen LogP contribution < -0.4 is 4.90 Å². The van der Waals surface area contributed by atoms with E-state index < -0.39 is 23.3 Å². The summed E-state index contributed by atoms with van der Waals surface area (Å²) in [6.07, 6.45) is 0.575.